The maximum absolute atomic E-state index is 15.1. The number of thiophene rings is 1. The first-order chi connectivity index (χ1) is 25.7. The fraction of sp³-hybridized carbons (Fsp3) is 0.293. The summed E-state index contributed by atoms with van der Waals surface area (Å²) in [5, 5.41) is 17.4. The van der Waals surface area contributed by atoms with Gasteiger partial charge in [0.2, 0.25) is 23.6 Å². The molecule has 9 rings (SSSR count). The number of hydrogen-bond donors (Lipinski definition) is 1. The molecule has 3 fully saturated rings. The fourth-order valence-electron chi connectivity index (χ4n) is 9.52. The van der Waals surface area contributed by atoms with Crippen molar-refractivity contribution in [3.63, 3.8) is 0 Å². The minimum absolute atomic E-state index is 0.0452. The summed E-state index contributed by atoms with van der Waals surface area (Å²) in [7, 11) is 1.71. The van der Waals surface area contributed by atoms with E-state index in [0.29, 0.717) is 32.8 Å². The highest BCUT2D eigenvalue weighted by Crippen LogP contribution is 2.64. The number of aryl methyl sites for hydroxylation is 3. The summed E-state index contributed by atoms with van der Waals surface area (Å²) in [6.07, 6.45) is 2.43. The summed E-state index contributed by atoms with van der Waals surface area (Å²) in [5.74, 6) is -4.74. The molecule has 274 valence electrons. The van der Waals surface area contributed by atoms with Crippen LogP contribution in [0.5, 0.6) is 5.75 Å². The number of phenols is 1. The molecule has 4 aliphatic rings. The number of phenolic OH excluding ortho intramolecular Hbond substituents is 1. The topological polar surface area (TPSA) is 113 Å². The molecule has 54 heavy (non-hydrogen) atoms. The molecule has 0 bridgehead atoms. The Kier molecular flexibility index (Phi) is 8.00. The van der Waals surface area contributed by atoms with E-state index in [1.165, 1.54) is 21.9 Å². The second-order valence-electron chi connectivity index (χ2n) is 15.0. The summed E-state index contributed by atoms with van der Waals surface area (Å²) in [6, 6.07) is 17.2. The third kappa shape index (κ3) is 4.86. The fourth-order valence-corrected chi connectivity index (χ4v) is 11.3. The molecule has 13 heteroatoms. The van der Waals surface area contributed by atoms with Crippen LogP contribution in [0.2, 0.25) is 15.1 Å². The van der Waals surface area contributed by atoms with E-state index < -0.39 is 46.8 Å². The zero-order chi connectivity index (χ0) is 38.1. The molecule has 2 aromatic heterocycles. The van der Waals surface area contributed by atoms with E-state index in [-0.39, 0.29) is 35.4 Å². The Bertz CT molecular complexity index is 2560. The second-order valence-corrected chi connectivity index (χ2v) is 17.3. The molecule has 2 aliphatic heterocycles. The molecular weight excluding hydrogens is 767 g/mol. The molecule has 6 atom stereocenters. The van der Waals surface area contributed by atoms with Gasteiger partial charge in [-0.15, -0.1) is 11.3 Å². The predicted molar refractivity (Wildman–Crippen MR) is 210 cm³/mol. The highest BCUT2D eigenvalue weighted by Gasteiger charge is 2.68. The molecule has 2 saturated heterocycles. The highest BCUT2D eigenvalue weighted by atomic mass is 35.5. The van der Waals surface area contributed by atoms with Crippen molar-refractivity contribution in [2.24, 2.45) is 36.1 Å². The van der Waals surface area contributed by atoms with Gasteiger partial charge in [0.15, 0.2) is 0 Å². The van der Waals surface area contributed by atoms with Gasteiger partial charge in [-0.05, 0) is 104 Å². The minimum Gasteiger partial charge on any atom is -0.508 e. The third-order valence-electron chi connectivity index (χ3n) is 12.2. The molecule has 5 aromatic rings. The van der Waals surface area contributed by atoms with E-state index in [9.17, 15) is 19.5 Å². The van der Waals surface area contributed by atoms with Gasteiger partial charge in [0.1, 0.15) is 17.3 Å². The average Bonchev–Trinajstić information content (AvgIpc) is 3.80. The lowest BCUT2D eigenvalue weighted by Crippen LogP contribution is -2.49. The first kappa shape index (κ1) is 35.2. The van der Waals surface area contributed by atoms with Crippen LogP contribution < -0.4 is 9.80 Å². The molecule has 1 saturated carbocycles. The minimum atomic E-state index is -1.32. The van der Waals surface area contributed by atoms with E-state index in [1.807, 2.05) is 38.1 Å². The van der Waals surface area contributed by atoms with E-state index in [2.05, 4.69) is 0 Å². The number of hydrogen-bond acceptors (Lipinski definition) is 7. The first-order valence-electron chi connectivity index (χ1n) is 17.6. The molecule has 1 N–H and O–H groups in total. The van der Waals surface area contributed by atoms with Crippen LogP contribution in [0.3, 0.4) is 0 Å². The molecular formula is C41H33Cl3N4O5S. The maximum atomic E-state index is 15.1. The molecule has 4 heterocycles. The van der Waals surface area contributed by atoms with Crippen molar-refractivity contribution in [2.75, 3.05) is 9.80 Å². The Morgan fingerprint density at radius 2 is 1.65 bits per heavy atom. The van der Waals surface area contributed by atoms with Gasteiger partial charge >= 0.3 is 0 Å². The van der Waals surface area contributed by atoms with Crippen LogP contribution in [0.25, 0.3) is 20.7 Å². The average molecular weight is 800 g/mol. The Hall–Kier alpha value is -4.48. The first-order valence-corrected chi connectivity index (χ1v) is 19.6. The van der Waals surface area contributed by atoms with Crippen molar-refractivity contribution in [3.05, 3.63) is 104 Å². The number of carbonyl (C=O) groups excluding carboxylic acids is 4. The molecule has 0 radical (unpaired) electrons. The van der Waals surface area contributed by atoms with Crippen LogP contribution in [0.1, 0.15) is 42.4 Å². The number of allylic oxidation sites excluding steroid dienone is 2. The number of amides is 4. The Morgan fingerprint density at radius 1 is 0.870 bits per heavy atom. The summed E-state index contributed by atoms with van der Waals surface area (Å²) >= 11 is 21.2. The summed E-state index contributed by atoms with van der Waals surface area (Å²) in [4.78, 5) is 61.8. The van der Waals surface area contributed by atoms with Crippen molar-refractivity contribution < 1.29 is 24.3 Å². The monoisotopic (exact) mass is 798 g/mol. The quantitative estimate of drug-likeness (QED) is 0.144. The lowest BCUT2D eigenvalue weighted by Gasteiger charge is -2.49. The van der Waals surface area contributed by atoms with E-state index in [1.54, 1.807) is 60.3 Å². The Balaban J connectivity index is 1.15. The number of halogens is 3. The molecule has 9 nitrogen and oxygen atoms in total. The number of aromatic nitrogens is 2. The van der Waals surface area contributed by atoms with Crippen molar-refractivity contribution >= 4 is 91.4 Å². The van der Waals surface area contributed by atoms with Gasteiger partial charge in [0, 0.05) is 38.8 Å². The smallest absolute Gasteiger partial charge is 0.242 e. The lowest BCUT2D eigenvalue weighted by molar-refractivity contribution is -0.131. The van der Waals surface area contributed by atoms with Gasteiger partial charge in [-0.1, -0.05) is 58.6 Å². The Labute approximate surface area is 329 Å². The van der Waals surface area contributed by atoms with Crippen LogP contribution in [-0.2, 0) is 26.2 Å². The molecule has 4 amide bonds. The molecule has 0 spiro atoms. The number of aromatic hydroxyl groups is 1. The van der Waals surface area contributed by atoms with Crippen molar-refractivity contribution in [3.8, 4) is 16.3 Å². The van der Waals surface area contributed by atoms with Gasteiger partial charge in [0.25, 0.3) is 0 Å². The SMILES string of the molecule is Cc1ccc(N2C(=O)[C@H]3[C@H](CC=C4[C@H]3C[C@H]3C(=O)N(c5cc(-c6sc7ccc(Cl)cc7c6C)nn5C)C(=O)[C@@]3(C)[C@H]4c3ccc(O)cc3Cl)C2=O)cc1Cl. The number of anilines is 2. The van der Waals surface area contributed by atoms with Gasteiger partial charge in [-0.3, -0.25) is 23.9 Å². The van der Waals surface area contributed by atoms with Crippen molar-refractivity contribution in [2.45, 2.75) is 39.5 Å². The third-order valence-corrected chi connectivity index (χ3v) is 14.5. The number of benzene rings is 3. The number of imide groups is 2. The van der Waals surface area contributed by atoms with Crippen molar-refractivity contribution in [1.82, 2.24) is 9.78 Å². The number of rotatable bonds is 4. The normalized spacial score (nSPS) is 26.4. The van der Waals surface area contributed by atoms with Crippen LogP contribution in [-0.4, -0.2) is 38.5 Å². The number of fused-ring (bicyclic) bond motifs is 5. The second kappa shape index (κ2) is 12.3. The van der Waals surface area contributed by atoms with Gasteiger partial charge in [-0.2, -0.15) is 5.10 Å². The molecule has 0 unspecified atom stereocenters. The zero-order valence-corrected chi connectivity index (χ0v) is 32.6. The van der Waals surface area contributed by atoms with Gasteiger partial charge in [0.05, 0.1) is 33.7 Å². The van der Waals surface area contributed by atoms with E-state index in [0.717, 1.165) is 31.7 Å². The number of nitrogens with zero attached hydrogens (tertiary/aromatic N) is 4. The van der Waals surface area contributed by atoms with Crippen LogP contribution in [0.15, 0.2) is 72.3 Å². The maximum Gasteiger partial charge on any atom is 0.242 e. The standard InChI is InChI=1S/C41H33Cl3N4O5S/c1-18-5-7-21(14-29(18)43)47-37(50)25-11-10-23-27(34(25)39(47)52)16-28-38(51)48(40(53)41(28,3)35(23)24-9-8-22(49)15-30(24)44)33-17-31(45-46(33)4)36-19(2)26-13-20(42)6-12-32(26)54-36/h5-10,12-15,17,25,27-28,34-35,49H,11,16H2,1-4H3/t25-,27+,28-,34-,35+,41+/m0/s1. The summed E-state index contributed by atoms with van der Waals surface area (Å²) < 4.78 is 2.59. The molecule has 3 aromatic carbocycles. The lowest BCUT2D eigenvalue weighted by atomic mass is 9.51. The zero-order valence-electron chi connectivity index (χ0n) is 29.6. The number of carbonyl (C=O) groups is 4. The summed E-state index contributed by atoms with van der Waals surface area (Å²) in [5.41, 5.74) is 2.86. The van der Waals surface area contributed by atoms with Gasteiger partial charge < -0.3 is 5.11 Å². The van der Waals surface area contributed by atoms with Gasteiger partial charge in [-0.25, -0.2) is 9.80 Å². The van der Waals surface area contributed by atoms with Crippen molar-refractivity contribution in [1.29, 1.82) is 0 Å². The van der Waals surface area contributed by atoms with E-state index >= 15 is 4.79 Å². The van der Waals surface area contributed by atoms with Crippen LogP contribution in [0, 0.1) is 42.9 Å². The molecule has 2 aliphatic carbocycles. The predicted octanol–water partition coefficient (Wildman–Crippen LogP) is 9.02. The highest BCUT2D eigenvalue weighted by molar-refractivity contribution is 7.22. The van der Waals surface area contributed by atoms with E-state index in [4.69, 9.17) is 39.9 Å². The van der Waals surface area contributed by atoms with Crippen LogP contribution in [0.4, 0.5) is 11.5 Å². The summed E-state index contributed by atoms with van der Waals surface area (Å²) in [6.45, 7) is 5.65. The Morgan fingerprint density at radius 3 is 2.39 bits per heavy atom. The largest absolute Gasteiger partial charge is 0.508 e. The van der Waals surface area contributed by atoms with Crippen LogP contribution >= 0.6 is 46.1 Å².